The van der Waals surface area contributed by atoms with Crippen LogP contribution in [0.15, 0.2) is 18.2 Å². The van der Waals surface area contributed by atoms with Gasteiger partial charge in [-0.15, -0.1) is 5.10 Å². The summed E-state index contributed by atoms with van der Waals surface area (Å²) in [5.74, 6) is -0.153. The first-order valence-electron chi connectivity index (χ1n) is 3.52. The fraction of sp³-hybridized carbons (Fsp3) is 0.125. The Morgan fingerprint density at radius 2 is 2.50 bits per heavy atom. The smallest absolute Gasteiger partial charge is 0.245 e. The predicted octanol–water partition coefficient (Wildman–Crippen LogP) is 0.892. The van der Waals surface area contributed by atoms with Crippen LogP contribution in [0.25, 0.3) is 11.0 Å². The average molecular weight is 160 g/mol. The van der Waals surface area contributed by atoms with Crippen LogP contribution in [0.3, 0.4) is 0 Å². The van der Waals surface area contributed by atoms with Gasteiger partial charge in [-0.1, -0.05) is 17.3 Å². The molecule has 59 valence electrons. The fourth-order valence-electron chi connectivity index (χ4n) is 1.03. The van der Waals surface area contributed by atoms with Crippen LogP contribution in [0.5, 0.6) is 0 Å². The van der Waals surface area contributed by atoms with E-state index in [0.29, 0.717) is 11.0 Å². The number of benzene rings is 1. The van der Waals surface area contributed by atoms with Gasteiger partial charge in [0.15, 0.2) is 0 Å². The van der Waals surface area contributed by atoms with Gasteiger partial charge in [0.2, 0.25) is 5.91 Å². The molecule has 0 aliphatic heterocycles. The van der Waals surface area contributed by atoms with Crippen LogP contribution in [0.4, 0.5) is 0 Å². The van der Waals surface area contributed by atoms with E-state index < -0.39 is 0 Å². The first-order chi connectivity index (χ1) is 5.79. The predicted molar refractivity (Wildman–Crippen MR) is 42.7 cm³/mol. The standard InChI is InChI=1S/C8H6N3O/c1-6(12)11-8-5-3-2-4-7(8)9-10-11/h2-4H,1H3. The molecule has 1 heterocycles. The van der Waals surface area contributed by atoms with E-state index in [1.807, 2.05) is 6.07 Å². The van der Waals surface area contributed by atoms with Crippen LogP contribution >= 0.6 is 0 Å². The lowest BCUT2D eigenvalue weighted by atomic mass is 10.3. The summed E-state index contributed by atoms with van der Waals surface area (Å²) >= 11 is 0. The number of rotatable bonds is 0. The molecule has 2 aromatic rings. The molecule has 4 heteroatoms. The monoisotopic (exact) mass is 160 g/mol. The van der Waals surface area contributed by atoms with Gasteiger partial charge in [0.1, 0.15) is 11.0 Å². The molecule has 0 spiro atoms. The van der Waals surface area contributed by atoms with Crippen LogP contribution in [-0.4, -0.2) is 20.9 Å². The van der Waals surface area contributed by atoms with Crippen molar-refractivity contribution >= 4 is 16.9 Å². The highest BCUT2D eigenvalue weighted by Gasteiger charge is 2.05. The molecular weight excluding hydrogens is 154 g/mol. The molecule has 1 radical (unpaired) electrons. The molecule has 1 aromatic carbocycles. The lowest BCUT2D eigenvalue weighted by Crippen LogP contribution is -2.06. The van der Waals surface area contributed by atoms with Gasteiger partial charge in [-0.05, 0) is 6.07 Å². The molecule has 1 aromatic heterocycles. The summed E-state index contributed by atoms with van der Waals surface area (Å²) < 4.78 is 1.23. The van der Waals surface area contributed by atoms with Crippen LogP contribution < -0.4 is 0 Å². The number of hydrogen-bond acceptors (Lipinski definition) is 3. The Kier molecular flexibility index (Phi) is 1.40. The lowest BCUT2D eigenvalue weighted by molar-refractivity contribution is 0.0924. The summed E-state index contributed by atoms with van der Waals surface area (Å²) in [4.78, 5) is 11.0. The molecule has 0 aliphatic rings. The van der Waals surface area contributed by atoms with Crippen molar-refractivity contribution in [3.8, 4) is 0 Å². The summed E-state index contributed by atoms with van der Waals surface area (Å²) in [5, 5.41) is 7.48. The van der Waals surface area contributed by atoms with Crippen LogP contribution in [0.1, 0.15) is 11.7 Å². The number of para-hydroxylation sites is 1. The second kappa shape index (κ2) is 2.41. The summed E-state index contributed by atoms with van der Waals surface area (Å²) in [6, 6.07) is 8.22. The van der Waals surface area contributed by atoms with E-state index in [1.54, 1.807) is 12.1 Å². The van der Waals surface area contributed by atoms with Gasteiger partial charge in [0.05, 0.1) is 0 Å². The average Bonchev–Trinajstić information content (AvgIpc) is 2.47. The van der Waals surface area contributed by atoms with Crippen molar-refractivity contribution in [2.75, 3.05) is 0 Å². The number of hydrogen-bond donors (Lipinski definition) is 0. The van der Waals surface area contributed by atoms with E-state index in [9.17, 15) is 4.79 Å². The van der Waals surface area contributed by atoms with Gasteiger partial charge in [-0.2, -0.15) is 4.68 Å². The second-order valence-electron chi connectivity index (χ2n) is 2.42. The molecule has 2 rings (SSSR count). The van der Waals surface area contributed by atoms with Crippen molar-refractivity contribution in [3.63, 3.8) is 0 Å². The van der Waals surface area contributed by atoms with E-state index in [-0.39, 0.29) is 5.91 Å². The highest BCUT2D eigenvalue weighted by molar-refractivity contribution is 5.86. The molecule has 0 N–H and O–H groups in total. The maximum absolute atomic E-state index is 11.0. The minimum absolute atomic E-state index is 0.153. The molecule has 0 bridgehead atoms. The number of nitrogens with zero attached hydrogens (tertiary/aromatic N) is 3. The Morgan fingerprint density at radius 3 is 3.25 bits per heavy atom. The van der Waals surface area contributed by atoms with Gasteiger partial charge in [-0.3, -0.25) is 4.79 Å². The van der Waals surface area contributed by atoms with Crippen molar-refractivity contribution < 1.29 is 4.79 Å². The van der Waals surface area contributed by atoms with Gasteiger partial charge >= 0.3 is 0 Å². The van der Waals surface area contributed by atoms with Crippen molar-refractivity contribution in [1.29, 1.82) is 0 Å². The van der Waals surface area contributed by atoms with E-state index in [0.717, 1.165) is 0 Å². The number of carbonyl (C=O) groups is 1. The second-order valence-corrected chi connectivity index (χ2v) is 2.42. The normalized spacial score (nSPS) is 10.4. The van der Waals surface area contributed by atoms with Gasteiger partial charge < -0.3 is 0 Å². The summed E-state index contributed by atoms with van der Waals surface area (Å²) in [6.07, 6.45) is 0. The van der Waals surface area contributed by atoms with E-state index in [4.69, 9.17) is 0 Å². The lowest BCUT2D eigenvalue weighted by Gasteiger charge is -1.91. The third kappa shape index (κ3) is 0.887. The van der Waals surface area contributed by atoms with Gasteiger partial charge in [0, 0.05) is 13.0 Å². The zero-order valence-corrected chi connectivity index (χ0v) is 6.48. The Labute approximate surface area is 68.8 Å². The van der Waals surface area contributed by atoms with E-state index >= 15 is 0 Å². The van der Waals surface area contributed by atoms with Crippen LogP contribution in [0.2, 0.25) is 0 Å². The molecule has 0 aliphatic carbocycles. The maximum atomic E-state index is 11.0. The van der Waals surface area contributed by atoms with Gasteiger partial charge in [-0.25, -0.2) is 0 Å². The third-order valence-corrected chi connectivity index (χ3v) is 1.56. The molecule has 12 heavy (non-hydrogen) atoms. The molecule has 0 amide bonds. The Hall–Kier alpha value is -1.71. The SMILES string of the molecule is CC(=O)n1nnc2ccc[c]c21. The first-order valence-corrected chi connectivity index (χ1v) is 3.52. The fourth-order valence-corrected chi connectivity index (χ4v) is 1.03. The zero-order chi connectivity index (χ0) is 8.55. The zero-order valence-electron chi connectivity index (χ0n) is 6.48. The topological polar surface area (TPSA) is 47.8 Å². The maximum Gasteiger partial charge on any atom is 0.245 e. The largest absolute Gasteiger partial charge is 0.273 e. The third-order valence-electron chi connectivity index (χ3n) is 1.56. The Morgan fingerprint density at radius 1 is 1.67 bits per heavy atom. The molecule has 0 saturated heterocycles. The molecule has 4 nitrogen and oxygen atoms in total. The van der Waals surface area contributed by atoms with E-state index in [2.05, 4.69) is 16.4 Å². The van der Waals surface area contributed by atoms with Crippen molar-refractivity contribution in [2.45, 2.75) is 6.92 Å². The van der Waals surface area contributed by atoms with Crippen LogP contribution in [-0.2, 0) is 0 Å². The molecule has 0 fully saturated rings. The van der Waals surface area contributed by atoms with Crippen LogP contribution in [0, 0.1) is 6.07 Å². The van der Waals surface area contributed by atoms with E-state index in [1.165, 1.54) is 11.6 Å². The molecular formula is C8H6N3O. The Balaban J connectivity index is 2.79. The van der Waals surface area contributed by atoms with Gasteiger partial charge in [0.25, 0.3) is 0 Å². The number of carbonyl (C=O) groups excluding carboxylic acids is 1. The Bertz CT molecular complexity index is 433. The summed E-state index contributed by atoms with van der Waals surface area (Å²) in [6.45, 7) is 1.44. The summed E-state index contributed by atoms with van der Waals surface area (Å²) in [7, 11) is 0. The molecule has 0 unspecified atom stereocenters. The van der Waals surface area contributed by atoms with Crippen molar-refractivity contribution in [2.24, 2.45) is 0 Å². The minimum atomic E-state index is -0.153. The molecule has 0 atom stereocenters. The highest BCUT2D eigenvalue weighted by Crippen LogP contribution is 2.07. The minimum Gasteiger partial charge on any atom is -0.273 e. The summed E-state index contributed by atoms with van der Waals surface area (Å²) in [5.41, 5.74) is 1.32. The molecule has 0 saturated carbocycles. The first kappa shape index (κ1) is 6.97. The number of aromatic nitrogens is 3. The highest BCUT2D eigenvalue weighted by atomic mass is 16.2. The van der Waals surface area contributed by atoms with Crippen molar-refractivity contribution in [1.82, 2.24) is 15.0 Å². The van der Waals surface area contributed by atoms with Crippen molar-refractivity contribution in [3.05, 3.63) is 24.3 Å². The quantitative estimate of drug-likeness (QED) is 0.575. The number of fused-ring (bicyclic) bond motifs is 1.